The molecular formula is C18H35N3. The lowest BCUT2D eigenvalue weighted by Gasteiger charge is -2.52. The summed E-state index contributed by atoms with van der Waals surface area (Å²) in [6.07, 6.45) is 12.7. The van der Waals surface area contributed by atoms with E-state index in [0.29, 0.717) is 5.54 Å². The van der Waals surface area contributed by atoms with Crippen molar-refractivity contribution >= 4 is 0 Å². The fourth-order valence-corrected chi connectivity index (χ4v) is 5.24. The fraction of sp³-hybridized carbons (Fsp3) is 1.00. The predicted octanol–water partition coefficient (Wildman–Crippen LogP) is 2.85. The first-order chi connectivity index (χ1) is 10.2. The Bertz CT molecular complexity index is 317. The van der Waals surface area contributed by atoms with E-state index >= 15 is 0 Å². The number of nitrogens with two attached hydrogens (primary N) is 1. The summed E-state index contributed by atoms with van der Waals surface area (Å²) in [6.45, 7) is 9.55. The lowest BCUT2D eigenvalue weighted by atomic mass is 9.74. The quantitative estimate of drug-likeness (QED) is 0.865. The van der Waals surface area contributed by atoms with Crippen molar-refractivity contribution in [2.45, 2.75) is 70.3 Å². The molecule has 3 fully saturated rings. The average molecular weight is 293 g/mol. The molecule has 2 heterocycles. The van der Waals surface area contributed by atoms with Crippen molar-refractivity contribution < 1.29 is 0 Å². The van der Waals surface area contributed by atoms with Crippen LogP contribution in [0.3, 0.4) is 0 Å². The molecule has 0 unspecified atom stereocenters. The van der Waals surface area contributed by atoms with E-state index < -0.39 is 0 Å². The maximum Gasteiger partial charge on any atom is 0.0356 e. The number of piperidine rings is 2. The number of rotatable bonds is 4. The Morgan fingerprint density at radius 2 is 1.48 bits per heavy atom. The summed E-state index contributed by atoms with van der Waals surface area (Å²) < 4.78 is 0. The molecule has 0 aromatic heterocycles. The maximum atomic E-state index is 6.27. The van der Waals surface area contributed by atoms with Gasteiger partial charge in [0.1, 0.15) is 0 Å². The van der Waals surface area contributed by atoms with Crippen molar-refractivity contribution in [1.82, 2.24) is 9.80 Å². The molecule has 0 atom stereocenters. The second-order valence-electron chi connectivity index (χ2n) is 7.96. The highest BCUT2D eigenvalue weighted by Gasteiger charge is 2.44. The Hall–Kier alpha value is -0.120. The van der Waals surface area contributed by atoms with E-state index in [2.05, 4.69) is 16.7 Å². The fourth-order valence-electron chi connectivity index (χ4n) is 5.24. The zero-order valence-electron chi connectivity index (χ0n) is 14.1. The van der Waals surface area contributed by atoms with Crippen molar-refractivity contribution in [3.05, 3.63) is 0 Å². The van der Waals surface area contributed by atoms with Crippen LogP contribution in [0.4, 0.5) is 0 Å². The zero-order valence-corrected chi connectivity index (χ0v) is 14.1. The van der Waals surface area contributed by atoms with Gasteiger partial charge in [0.25, 0.3) is 0 Å². The molecule has 0 radical (unpaired) electrons. The number of hydrogen-bond donors (Lipinski definition) is 1. The maximum absolute atomic E-state index is 6.27. The van der Waals surface area contributed by atoms with Gasteiger partial charge in [-0.15, -0.1) is 0 Å². The number of nitrogens with zero attached hydrogens (tertiary/aromatic N) is 2. The summed E-state index contributed by atoms with van der Waals surface area (Å²) in [5.74, 6) is 0. The van der Waals surface area contributed by atoms with E-state index in [0.717, 1.165) is 12.0 Å². The minimum atomic E-state index is 0.324. The van der Waals surface area contributed by atoms with Gasteiger partial charge in [-0.1, -0.05) is 19.8 Å². The summed E-state index contributed by atoms with van der Waals surface area (Å²) in [5, 5.41) is 0. The smallest absolute Gasteiger partial charge is 0.0356 e. The van der Waals surface area contributed by atoms with Crippen molar-refractivity contribution in [3.63, 3.8) is 0 Å². The van der Waals surface area contributed by atoms with Crippen molar-refractivity contribution in [1.29, 1.82) is 0 Å². The Morgan fingerprint density at radius 1 is 0.857 bits per heavy atom. The molecule has 0 bridgehead atoms. The first-order valence-electron chi connectivity index (χ1n) is 9.39. The second kappa shape index (κ2) is 6.55. The first kappa shape index (κ1) is 15.8. The summed E-state index contributed by atoms with van der Waals surface area (Å²) >= 11 is 0. The van der Waals surface area contributed by atoms with Gasteiger partial charge in [-0.25, -0.2) is 0 Å². The highest BCUT2D eigenvalue weighted by atomic mass is 15.2. The molecule has 3 rings (SSSR count). The highest BCUT2D eigenvalue weighted by molar-refractivity contribution is 5.00. The van der Waals surface area contributed by atoms with Crippen LogP contribution >= 0.6 is 0 Å². The summed E-state index contributed by atoms with van der Waals surface area (Å²) in [7, 11) is 0. The average Bonchev–Trinajstić information content (AvgIpc) is 2.98. The van der Waals surface area contributed by atoms with Gasteiger partial charge in [0, 0.05) is 12.1 Å². The molecule has 1 aliphatic carbocycles. The van der Waals surface area contributed by atoms with E-state index in [1.165, 1.54) is 90.5 Å². The monoisotopic (exact) mass is 293 g/mol. The molecule has 122 valence electrons. The van der Waals surface area contributed by atoms with E-state index in [-0.39, 0.29) is 0 Å². The third kappa shape index (κ3) is 3.16. The third-order valence-corrected chi connectivity index (χ3v) is 6.87. The molecule has 3 aliphatic rings. The van der Waals surface area contributed by atoms with Gasteiger partial charge in [-0.05, 0) is 83.1 Å². The minimum Gasteiger partial charge on any atom is -0.329 e. The van der Waals surface area contributed by atoms with Gasteiger partial charge in [0.15, 0.2) is 0 Å². The molecule has 21 heavy (non-hydrogen) atoms. The van der Waals surface area contributed by atoms with E-state index in [9.17, 15) is 0 Å². The number of likely N-dealkylation sites (tertiary alicyclic amines) is 2. The van der Waals surface area contributed by atoms with Gasteiger partial charge in [0.2, 0.25) is 0 Å². The second-order valence-corrected chi connectivity index (χ2v) is 7.96. The molecule has 2 saturated heterocycles. The van der Waals surface area contributed by atoms with Crippen LogP contribution in [0, 0.1) is 5.41 Å². The van der Waals surface area contributed by atoms with Gasteiger partial charge in [-0.3, -0.25) is 4.90 Å². The van der Waals surface area contributed by atoms with Gasteiger partial charge in [0.05, 0.1) is 0 Å². The van der Waals surface area contributed by atoms with Crippen LogP contribution in [0.25, 0.3) is 0 Å². The third-order valence-electron chi connectivity index (χ3n) is 6.87. The Morgan fingerprint density at radius 3 is 2.00 bits per heavy atom. The molecular weight excluding hydrogens is 258 g/mol. The predicted molar refractivity (Wildman–Crippen MR) is 89.5 cm³/mol. The summed E-state index contributed by atoms with van der Waals surface area (Å²) in [6, 6.07) is 0. The molecule has 2 aliphatic heterocycles. The molecule has 0 aromatic rings. The SMILES string of the molecule is CCCN1CCC(CN)(N2CCC3(CCCC3)CC2)CC1. The molecule has 2 N–H and O–H groups in total. The Balaban J connectivity index is 1.57. The number of hydrogen-bond acceptors (Lipinski definition) is 3. The normalized spacial score (nSPS) is 30.0. The van der Waals surface area contributed by atoms with Crippen LogP contribution in [-0.2, 0) is 0 Å². The van der Waals surface area contributed by atoms with E-state index in [1.807, 2.05) is 0 Å². The lowest BCUT2D eigenvalue weighted by Crippen LogP contribution is -2.61. The molecule has 0 amide bonds. The van der Waals surface area contributed by atoms with Crippen LogP contribution in [0.2, 0.25) is 0 Å². The Kier molecular flexibility index (Phi) is 4.92. The molecule has 1 saturated carbocycles. The van der Waals surface area contributed by atoms with Crippen LogP contribution in [-0.4, -0.2) is 54.6 Å². The zero-order chi connectivity index (χ0) is 14.8. The molecule has 3 heteroatoms. The van der Waals surface area contributed by atoms with E-state index in [1.54, 1.807) is 0 Å². The summed E-state index contributed by atoms with van der Waals surface area (Å²) in [4.78, 5) is 5.43. The standard InChI is InChI=1S/C18H35N3/c1-2-11-20-12-9-18(16-19,10-13-20)21-14-7-17(8-15-21)5-3-4-6-17/h2-16,19H2,1H3. The molecule has 1 spiro atoms. The Labute approximate surface area is 131 Å². The van der Waals surface area contributed by atoms with Gasteiger partial charge in [-0.2, -0.15) is 0 Å². The molecule has 3 nitrogen and oxygen atoms in total. The molecule has 0 aromatic carbocycles. The highest BCUT2D eigenvalue weighted by Crippen LogP contribution is 2.47. The van der Waals surface area contributed by atoms with Crippen LogP contribution in [0.5, 0.6) is 0 Å². The topological polar surface area (TPSA) is 32.5 Å². The van der Waals surface area contributed by atoms with Crippen molar-refractivity contribution in [2.75, 3.05) is 39.3 Å². The van der Waals surface area contributed by atoms with Crippen LogP contribution in [0.15, 0.2) is 0 Å². The van der Waals surface area contributed by atoms with Crippen LogP contribution in [0.1, 0.15) is 64.7 Å². The summed E-state index contributed by atoms with van der Waals surface area (Å²) in [5.41, 5.74) is 7.33. The van der Waals surface area contributed by atoms with Crippen molar-refractivity contribution in [2.24, 2.45) is 11.1 Å². The van der Waals surface area contributed by atoms with Crippen molar-refractivity contribution in [3.8, 4) is 0 Å². The van der Waals surface area contributed by atoms with E-state index in [4.69, 9.17) is 5.73 Å². The first-order valence-corrected chi connectivity index (χ1v) is 9.39. The van der Waals surface area contributed by atoms with Gasteiger partial charge >= 0.3 is 0 Å². The van der Waals surface area contributed by atoms with Gasteiger partial charge < -0.3 is 10.6 Å². The van der Waals surface area contributed by atoms with Crippen LogP contribution < -0.4 is 5.73 Å². The lowest BCUT2D eigenvalue weighted by molar-refractivity contribution is -0.0151. The minimum absolute atomic E-state index is 0.324. The largest absolute Gasteiger partial charge is 0.329 e.